The molecule has 10 heteroatoms. The average Bonchev–Trinajstić information content (AvgIpc) is 2.74. The van der Waals surface area contributed by atoms with Crippen molar-refractivity contribution < 1.29 is 24.3 Å². The van der Waals surface area contributed by atoms with Crippen molar-refractivity contribution in [2.75, 3.05) is 6.54 Å². The zero-order chi connectivity index (χ0) is 26.4. The molecule has 0 aromatic rings. The van der Waals surface area contributed by atoms with Gasteiger partial charge in [0, 0.05) is 0 Å². The number of nitrogens with one attached hydrogen (secondary N) is 3. The van der Waals surface area contributed by atoms with Crippen molar-refractivity contribution in [1.29, 1.82) is 0 Å². The first-order valence-electron chi connectivity index (χ1n) is 12.4. The fourth-order valence-electron chi connectivity index (χ4n) is 3.53. The average molecular weight is 486 g/mol. The molecule has 0 radical (unpaired) electrons. The summed E-state index contributed by atoms with van der Waals surface area (Å²) in [6.45, 7) is 11.8. The van der Waals surface area contributed by atoms with E-state index in [0.29, 0.717) is 38.6 Å². The number of carboxylic acids is 1. The Kier molecular flexibility index (Phi) is 15.4. The van der Waals surface area contributed by atoms with Crippen LogP contribution in [0.3, 0.4) is 0 Å². The lowest BCUT2D eigenvalue weighted by atomic mass is 9.97. The van der Waals surface area contributed by atoms with Crippen molar-refractivity contribution in [2.45, 2.75) is 104 Å². The van der Waals surface area contributed by atoms with E-state index in [4.69, 9.17) is 11.5 Å². The predicted octanol–water partition coefficient (Wildman–Crippen LogP) is 1.12. The summed E-state index contributed by atoms with van der Waals surface area (Å²) in [6, 6.07) is -3.60. The fourth-order valence-corrected chi connectivity index (χ4v) is 3.53. The molecule has 0 saturated carbocycles. The summed E-state index contributed by atoms with van der Waals surface area (Å²) < 4.78 is 0. The van der Waals surface area contributed by atoms with Gasteiger partial charge in [0.25, 0.3) is 0 Å². The Morgan fingerprint density at radius 2 is 1.26 bits per heavy atom. The quantitative estimate of drug-likeness (QED) is 0.167. The molecule has 0 rings (SSSR count). The Balaban J connectivity index is 5.47. The van der Waals surface area contributed by atoms with Gasteiger partial charge in [-0.15, -0.1) is 0 Å². The summed E-state index contributed by atoms with van der Waals surface area (Å²) >= 11 is 0. The molecule has 5 unspecified atom stereocenters. The van der Waals surface area contributed by atoms with Crippen LogP contribution in [0.1, 0.15) is 80.1 Å². The Morgan fingerprint density at radius 1 is 0.794 bits per heavy atom. The van der Waals surface area contributed by atoms with E-state index in [1.165, 1.54) is 0 Å². The van der Waals surface area contributed by atoms with Gasteiger partial charge in [0.1, 0.15) is 18.1 Å². The first-order chi connectivity index (χ1) is 15.8. The number of hydrogen-bond acceptors (Lipinski definition) is 6. The molecule has 10 nitrogen and oxygen atoms in total. The van der Waals surface area contributed by atoms with E-state index >= 15 is 0 Å². The lowest BCUT2D eigenvalue weighted by Gasteiger charge is -2.28. The Labute approximate surface area is 204 Å². The Hall–Kier alpha value is -2.20. The van der Waals surface area contributed by atoms with Crippen LogP contribution in [0, 0.1) is 17.8 Å². The third-order valence-electron chi connectivity index (χ3n) is 5.76. The van der Waals surface area contributed by atoms with Crippen molar-refractivity contribution >= 4 is 23.7 Å². The van der Waals surface area contributed by atoms with Crippen LogP contribution < -0.4 is 27.4 Å². The van der Waals surface area contributed by atoms with Gasteiger partial charge >= 0.3 is 5.97 Å². The Bertz CT molecular complexity index is 656. The van der Waals surface area contributed by atoms with Crippen LogP contribution in [-0.4, -0.2) is 59.5 Å². The van der Waals surface area contributed by atoms with E-state index < -0.39 is 47.9 Å². The number of carbonyl (C=O) groups excluding carboxylic acids is 3. The molecular formula is C24H47N5O5. The molecule has 0 aliphatic heterocycles. The largest absolute Gasteiger partial charge is 0.480 e. The summed E-state index contributed by atoms with van der Waals surface area (Å²) in [6.07, 6.45) is 3.20. The number of rotatable bonds is 17. The van der Waals surface area contributed by atoms with E-state index in [2.05, 4.69) is 16.0 Å². The van der Waals surface area contributed by atoms with Gasteiger partial charge in [-0.3, -0.25) is 14.4 Å². The second-order valence-corrected chi connectivity index (χ2v) is 9.98. The minimum absolute atomic E-state index is 0.0667. The molecule has 0 spiro atoms. The fraction of sp³-hybridized carbons (Fsp3) is 0.833. The zero-order valence-corrected chi connectivity index (χ0v) is 21.7. The highest BCUT2D eigenvalue weighted by molar-refractivity contribution is 5.94. The highest BCUT2D eigenvalue weighted by Crippen LogP contribution is 2.12. The first kappa shape index (κ1) is 31.8. The van der Waals surface area contributed by atoms with E-state index in [1.54, 1.807) is 6.92 Å². The molecule has 198 valence electrons. The predicted molar refractivity (Wildman–Crippen MR) is 133 cm³/mol. The zero-order valence-electron chi connectivity index (χ0n) is 21.7. The van der Waals surface area contributed by atoms with Gasteiger partial charge in [-0.05, 0) is 50.0 Å². The summed E-state index contributed by atoms with van der Waals surface area (Å²) in [5.41, 5.74) is 11.5. The molecule has 0 aromatic heterocycles. The van der Waals surface area contributed by atoms with E-state index in [1.807, 2.05) is 34.6 Å². The monoisotopic (exact) mass is 485 g/mol. The highest BCUT2D eigenvalue weighted by atomic mass is 16.4. The van der Waals surface area contributed by atoms with Crippen LogP contribution >= 0.6 is 0 Å². The number of nitrogens with two attached hydrogens (primary N) is 2. The molecule has 5 atom stereocenters. The number of unbranched alkanes of at least 4 members (excludes halogenated alkanes) is 1. The van der Waals surface area contributed by atoms with Gasteiger partial charge in [-0.25, -0.2) is 4.79 Å². The lowest BCUT2D eigenvalue weighted by Crippen LogP contribution is -2.58. The second-order valence-electron chi connectivity index (χ2n) is 9.98. The molecule has 0 aromatic carbocycles. The maximum absolute atomic E-state index is 13.1. The first-order valence-corrected chi connectivity index (χ1v) is 12.4. The molecule has 34 heavy (non-hydrogen) atoms. The van der Waals surface area contributed by atoms with Gasteiger partial charge < -0.3 is 32.5 Å². The molecule has 0 aliphatic rings. The molecule has 0 fully saturated rings. The third kappa shape index (κ3) is 12.3. The molecule has 3 amide bonds. The summed E-state index contributed by atoms with van der Waals surface area (Å²) in [7, 11) is 0. The third-order valence-corrected chi connectivity index (χ3v) is 5.76. The van der Waals surface area contributed by atoms with Gasteiger partial charge in [0.05, 0.1) is 6.04 Å². The van der Waals surface area contributed by atoms with E-state index in [0.717, 1.165) is 6.42 Å². The molecule has 0 saturated heterocycles. The number of carbonyl (C=O) groups is 4. The van der Waals surface area contributed by atoms with Crippen molar-refractivity contribution in [2.24, 2.45) is 29.2 Å². The van der Waals surface area contributed by atoms with E-state index in [9.17, 15) is 24.3 Å². The van der Waals surface area contributed by atoms with Gasteiger partial charge in [0.2, 0.25) is 17.7 Å². The van der Waals surface area contributed by atoms with Crippen LogP contribution in [-0.2, 0) is 19.2 Å². The lowest BCUT2D eigenvalue weighted by molar-refractivity contribution is -0.144. The molecule has 0 bridgehead atoms. The summed E-state index contributed by atoms with van der Waals surface area (Å²) in [5.74, 6) is -2.70. The molecule has 0 aliphatic carbocycles. The van der Waals surface area contributed by atoms with E-state index in [-0.39, 0.29) is 17.8 Å². The maximum Gasteiger partial charge on any atom is 0.326 e. The molecular weight excluding hydrogens is 438 g/mol. The summed E-state index contributed by atoms with van der Waals surface area (Å²) in [5, 5.41) is 17.6. The maximum atomic E-state index is 13.1. The van der Waals surface area contributed by atoms with Crippen molar-refractivity contribution in [1.82, 2.24) is 16.0 Å². The minimum atomic E-state index is -1.12. The SMILES string of the molecule is CCC(C)C(NC(=O)C(CC(C)C)NC(=O)C(CC(C)C)NC(=O)C(N)CCCCN)C(=O)O. The number of carboxylic acid groups (broad SMARTS) is 1. The van der Waals surface area contributed by atoms with Crippen molar-refractivity contribution in [3.05, 3.63) is 0 Å². The number of amides is 3. The minimum Gasteiger partial charge on any atom is -0.480 e. The van der Waals surface area contributed by atoms with Gasteiger partial charge in [-0.1, -0.05) is 54.4 Å². The number of hydrogen-bond donors (Lipinski definition) is 6. The van der Waals surface area contributed by atoms with Crippen LogP contribution in [0.25, 0.3) is 0 Å². The van der Waals surface area contributed by atoms with Crippen LogP contribution in [0.4, 0.5) is 0 Å². The second kappa shape index (κ2) is 16.4. The Morgan fingerprint density at radius 3 is 1.68 bits per heavy atom. The topological polar surface area (TPSA) is 177 Å². The highest BCUT2D eigenvalue weighted by Gasteiger charge is 2.32. The molecule has 0 heterocycles. The normalized spacial score (nSPS) is 15.8. The standard InChI is InChI=1S/C24H47N5O5/c1-7-16(6)20(24(33)34)29-23(32)19(13-15(4)5)28-22(31)18(12-14(2)3)27-21(30)17(26)10-8-9-11-25/h14-20H,7-13,25-26H2,1-6H3,(H,27,30)(H,28,31)(H,29,32)(H,33,34). The van der Waals surface area contributed by atoms with Crippen LogP contribution in [0.2, 0.25) is 0 Å². The van der Waals surface area contributed by atoms with Gasteiger partial charge in [0.15, 0.2) is 0 Å². The smallest absolute Gasteiger partial charge is 0.326 e. The van der Waals surface area contributed by atoms with Gasteiger partial charge in [-0.2, -0.15) is 0 Å². The van der Waals surface area contributed by atoms with Crippen LogP contribution in [0.5, 0.6) is 0 Å². The van der Waals surface area contributed by atoms with Crippen molar-refractivity contribution in [3.8, 4) is 0 Å². The van der Waals surface area contributed by atoms with Crippen LogP contribution in [0.15, 0.2) is 0 Å². The van der Waals surface area contributed by atoms with Crippen molar-refractivity contribution in [3.63, 3.8) is 0 Å². The number of aliphatic carboxylic acids is 1. The molecule has 8 N–H and O–H groups in total. The summed E-state index contributed by atoms with van der Waals surface area (Å²) in [4.78, 5) is 50.3.